The second-order valence-electron chi connectivity index (χ2n) is 10.0. The van der Waals surface area contributed by atoms with E-state index in [0.29, 0.717) is 11.4 Å². The first-order valence-electron chi connectivity index (χ1n) is 13.8. The molecule has 3 heterocycles. The predicted octanol–water partition coefficient (Wildman–Crippen LogP) is 6.40. The molecule has 2 atom stereocenters. The number of para-hydroxylation sites is 2. The first-order chi connectivity index (χ1) is 21.1. The Morgan fingerprint density at radius 3 is 2.48 bits per heavy atom. The van der Waals surface area contributed by atoms with E-state index in [-0.39, 0.29) is 12.3 Å². The summed E-state index contributed by atoms with van der Waals surface area (Å²) in [6.45, 7) is 2.46. The summed E-state index contributed by atoms with van der Waals surface area (Å²) in [6.07, 6.45) is 2.98. The van der Waals surface area contributed by atoms with Crippen molar-refractivity contribution in [1.82, 2.24) is 20.1 Å². The maximum atomic E-state index is 13.8. The Hall–Kier alpha value is -2.35. The maximum absolute atomic E-state index is 13.8. The first-order valence-corrected chi connectivity index (χ1v) is 18.0. The molecule has 2 aromatic carbocycles. The van der Waals surface area contributed by atoms with E-state index in [9.17, 15) is 14.4 Å². The minimum absolute atomic E-state index is 0.0552. The summed E-state index contributed by atoms with van der Waals surface area (Å²) in [5.41, 5.74) is 1.50. The van der Waals surface area contributed by atoms with Crippen LogP contribution in [0.25, 0.3) is 10.2 Å². The number of amides is 2. The number of benzene rings is 2. The molecule has 15 heteroatoms. The Morgan fingerprint density at radius 1 is 1.07 bits per heavy atom. The summed E-state index contributed by atoms with van der Waals surface area (Å²) in [5.74, 6) is -1.20. The van der Waals surface area contributed by atoms with Gasteiger partial charge in [0.05, 0.1) is 10.2 Å². The molecule has 2 amide bonds. The van der Waals surface area contributed by atoms with Crippen LogP contribution >= 0.6 is 67.7 Å². The molecule has 0 aliphatic carbocycles. The van der Waals surface area contributed by atoms with Gasteiger partial charge in [-0.25, -0.2) is 9.78 Å². The Morgan fingerprint density at radius 2 is 1.77 bits per heavy atom. The number of nitrogens with zero attached hydrogens (tertiary/aromatic N) is 3. The van der Waals surface area contributed by atoms with Crippen LogP contribution in [0.1, 0.15) is 26.2 Å². The average Bonchev–Trinajstić information content (AvgIpc) is 3.44. The third kappa shape index (κ3) is 8.27. The van der Waals surface area contributed by atoms with Crippen LogP contribution in [0.4, 0.5) is 0 Å². The second-order valence-corrected chi connectivity index (χ2v) is 16.2. The van der Waals surface area contributed by atoms with E-state index in [1.807, 2.05) is 30.3 Å². The number of fused-ring (bicyclic) bond motifs is 1. The van der Waals surface area contributed by atoms with Crippen molar-refractivity contribution in [2.24, 2.45) is 0 Å². The highest BCUT2D eigenvalue weighted by Gasteiger charge is 2.53. The Bertz CT molecular complexity index is 1500. The van der Waals surface area contributed by atoms with E-state index in [2.05, 4.69) is 15.2 Å². The monoisotopic (exact) mass is 714 g/mol. The number of likely N-dealkylation sites (tertiary alicyclic amines) is 2. The molecule has 1 N–H and O–H groups in total. The molecule has 2 aliphatic rings. The Balaban J connectivity index is 1.40. The Labute approximate surface area is 282 Å². The van der Waals surface area contributed by atoms with Crippen LogP contribution in [-0.4, -0.2) is 74.1 Å². The second kappa shape index (κ2) is 14.8. The predicted molar refractivity (Wildman–Crippen MR) is 177 cm³/mol. The van der Waals surface area contributed by atoms with Gasteiger partial charge in [0.25, 0.3) is 11.8 Å². The van der Waals surface area contributed by atoms with Crippen molar-refractivity contribution < 1.29 is 23.9 Å². The zero-order chi connectivity index (χ0) is 31.3. The van der Waals surface area contributed by atoms with Gasteiger partial charge >= 0.3 is 5.97 Å². The fourth-order valence-corrected chi connectivity index (χ4v) is 8.89. The molecular weight excluding hydrogens is 687 g/mol. The highest BCUT2D eigenvalue weighted by molar-refractivity contribution is 8.77. The normalized spacial score (nSPS) is 19.3. The number of esters is 1. The van der Waals surface area contributed by atoms with E-state index in [1.54, 1.807) is 31.2 Å². The van der Waals surface area contributed by atoms with Crippen LogP contribution in [0.2, 0.25) is 0 Å². The standard InChI is InChI=1S/C29H29Cl3N4O5S3/c1-18(35-14-8-3-9-15-35)24(27(39)41-17-29(30,31)32)36-25(38)23(34-22(37)16-40-19-10-4-2-5-11-19)26(36)43-44-28-33-20-12-6-7-13-21(20)42-28/h2,4-7,10-13,23,26H,3,8-9,14-17H2,1H3,(H,34,37)/b24-18-. The van der Waals surface area contributed by atoms with Gasteiger partial charge in [0.15, 0.2) is 10.9 Å². The number of ether oxygens (including phenoxy) is 2. The molecule has 0 saturated carbocycles. The lowest BCUT2D eigenvalue weighted by atomic mass is 10.0. The van der Waals surface area contributed by atoms with Crippen LogP contribution in [0.5, 0.6) is 5.75 Å². The number of alkyl halides is 3. The van der Waals surface area contributed by atoms with Crippen LogP contribution in [0.3, 0.4) is 0 Å². The van der Waals surface area contributed by atoms with E-state index in [1.165, 1.54) is 37.8 Å². The SMILES string of the molecule is C/C(=C(\C(=O)OCC(Cl)(Cl)Cl)N1C(=O)C(NC(=O)COc2ccccc2)C1SSc1nc2ccccc2s1)N1CCCCC1. The van der Waals surface area contributed by atoms with Crippen molar-refractivity contribution in [1.29, 1.82) is 0 Å². The Kier molecular flexibility index (Phi) is 11.1. The molecule has 1 aromatic heterocycles. The van der Waals surface area contributed by atoms with Gasteiger partial charge in [-0.1, -0.05) is 75.9 Å². The zero-order valence-corrected chi connectivity index (χ0v) is 28.3. The quantitative estimate of drug-likeness (QED) is 0.0795. The molecule has 0 bridgehead atoms. The smallest absolute Gasteiger partial charge is 0.357 e. The summed E-state index contributed by atoms with van der Waals surface area (Å²) < 4.78 is 10.9. The summed E-state index contributed by atoms with van der Waals surface area (Å²) in [6, 6.07) is 15.8. The number of piperidine rings is 1. The summed E-state index contributed by atoms with van der Waals surface area (Å²) >= 11 is 19.1. The van der Waals surface area contributed by atoms with Crippen molar-refractivity contribution in [3.05, 3.63) is 66.0 Å². The van der Waals surface area contributed by atoms with Crippen LogP contribution in [-0.2, 0) is 19.1 Å². The highest BCUT2D eigenvalue weighted by atomic mass is 35.6. The van der Waals surface area contributed by atoms with Crippen LogP contribution < -0.4 is 10.1 Å². The van der Waals surface area contributed by atoms with E-state index >= 15 is 0 Å². The molecule has 234 valence electrons. The maximum Gasteiger partial charge on any atom is 0.357 e. The van der Waals surface area contributed by atoms with Crippen molar-refractivity contribution >= 4 is 95.7 Å². The van der Waals surface area contributed by atoms with Crippen LogP contribution in [0.15, 0.2) is 70.3 Å². The van der Waals surface area contributed by atoms with Gasteiger partial charge in [-0.15, -0.1) is 11.3 Å². The molecule has 2 unspecified atom stereocenters. The van der Waals surface area contributed by atoms with Gasteiger partial charge in [0.2, 0.25) is 3.79 Å². The van der Waals surface area contributed by atoms with Gasteiger partial charge in [-0.2, -0.15) is 0 Å². The van der Waals surface area contributed by atoms with Crippen molar-refractivity contribution in [3.8, 4) is 5.75 Å². The van der Waals surface area contributed by atoms with Gasteiger partial charge < -0.3 is 19.7 Å². The van der Waals surface area contributed by atoms with Gasteiger partial charge in [-0.3, -0.25) is 14.5 Å². The molecule has 0 radical (unpaired) electrons. The van der Waals surface area contributed by atoms with Gasteiger partial charge in [-0.05, 0) is 61.2 Å². The molecule has 2 saturated heterocycles. The molecule has 9 nitrogen and oxygen atoms in total. The molecule has 3 aromatic rings. The molecular formula is C29H29Cl3N4O5S3. The van der Waals surface area contributed by atoms with Gasteiger partial charge in [0.1, 0.15) is 29.5 Å². The zero-order valence-electron chi connectivity index (χ0n) is 23.5. The highest BCUT2D eigenvalue weighted by Crippen LogP contribution is 2.46. The molecule has 2 fully saturated rings. The molecule has 44 heavy (non-hydrogen) atoms. The summed E-state index contributed by atoms with van der Waals surface area (Å²) in [5, 5.41) is 2.12. The number of nitrogens with one attached hydrogen (secondary N) is 1. The molecule has 0 spiro atoms. The topological polar surface area (TPSA) is 101 Å². The summed E-state index contributed by atoms with van der Waals surface area (Å²) in [7, 11) is 2.68. The van der Waals surface area contributed by atoms with E-state index in [4.69, 9.17) is 44.3 Å². The van der Waals surface area contributed by atoms with E-state index in [0.717, 1.165) is 46.9 Å². The fourth-order valence-electron chi connectivity index (χ4n) is 4.81. The summed E-state index contributed by atoms with van der Waals surface area (Å²) in [4.78, 5) is 48.4. The number of hydrogen-bond acceptors (Lipinski definition) is 10. The van der Waals surface area contributed by atoms with Crippen molar-refractivity contribution in [3.63, 3.8) is 0 Å². The number of carbonyl (C=O) groups is 3. The number of thiazole rings is 1. The van der Waals surface area contributed by atoms with E-state index < -0.39 is 39.6 Å². The van der Waals surface area contributed by atoms with Crippen LogP contribution in [0, 0.1) is 0 Å². The fraction of sp³-hybridized carbons (Fsp3) is 0.379. The molecule has 5 rings (SSSR count). The number of aromatic nitrogens is 1. The molecule has 2 aliphatic heterocycles. The number of halogens is 3. The lowest BCUT2D eigenvalue weighted by molar-refractivity contribution is -0.153. The number of β-lactam (4-membered cyclic amide) rings is 1. The number of rotatable bonds is 11. The number of allylic oxidation sites excluding steroid dienone is 1. The minimum atomic E-state index is -1.83. The van der Waals surface area contributed by atoms with Crippen molar-refractivity contribution in [2.75, 3.05) is 26.3 Å². The number of carbonyl (C=O) groups excluding carboxylic acids is 3. The van der Waals surface area contributed by atoms with Crippen molar-refractivity contribution in [2.45, 2.75) is 45.7 Å². The third-order valence-electron chi connectivity index (χ3n) is 6.94. The lowest BCUT2D eigenvalue weighted by Crippen LogP contribution is -2.70. The minimum Gasteiger partial charge on any atom is -0.484 e. The third-order valence-corrected chi connectivity index (χ3v) is 11.3. The number of hydrogen-bond donors (Lipinski definition) is 1. The largest absolute Gasteiger partial charge is 0.484 e. The lowest BCUT2D eigenvalue weighted by Gasteiger charge is -2.47. The average molecular weight is 716 g/mol. The first kappa shape index (κ1) is 33.0. The van der Waals surface area contributed by atoms with Gasteiger partial charge in [0, 0.05) is 18.8 Å².